The zero-order valence-corrected chi connectivity index (χ0v) is 12.4. The first-order valence-electron chi connectivity index (χ1n) is 6.04. The summed E-state index contributed by atoms with van der Waals surface area (Å²) in [6, 6.07) is 1.35. The van der Waals surface area contributed by atoms with Crippen LogP contribution in [-0.2, 0) is 0 Å². The number of rotatable bonds is 9. The highest BCUT2D eigenvalue weighted by molar-refractivity contribution is 7.99. The molecular formula is C12H27NS2. The third-order valence-corrected chi connectivity index (χ3v) is 4.11. The van der Waals surface area contributed by atoms with Gasteiger partial charge in [0.1, 0.15) is 0 Å². The highest BCUT2D eigenvalue weighted by Gasteiger charge is 2.11. The number of unbranched alkanes of at least 4 members (excludes halogenated alkanes) is 1. The van der Waals surface area contributed by atoms with E-state index < -0.39 is 0 Å². The molecule has 0 bridgehead atoms. The predicted octanol–water partition coefficient (Wildman–Crippen LogP) is 3.55. The molecule has 0 heterocycles. The van der Waals surface area contributed by atoms with Gasteiger partial charge in [-0.1, -0.05) is 0 Å². The summed E-state index contributed by atoms with van der Waals surface area (Å²) in [6.07, 6.45) is 2.67. The molecule has 0 aliphatic rings. The Balaban J connectivity index is 3.46. The molecule has 0 aliphatic heterocycles. The van der Waals surface area contributed by atoms with Gasteiger partial charge in [-0.3, -0.25) is 4.90 Å². The van der Waals surface area contributed by atoms with Crippen molar-refractivity contribution >= 4 is 24.4 Å². The fourth-order valence-electron chi connectivity index (χ4n) is 1.78. The van der Waals surface area contributed by atoms with Crippen LogP contribution >= 0.6 is 24.4 Å². The van der Waals surface area contributed by atoms with Crippen LogP contribution in [0.25, 0.3) is 0 Å². The average Bonchev–Trinajstić information content (AvgIpc) is 2.15. The lowest BCUT2D eigenvalue weighted by Gasteiger charge is -2.30. The Bertz CT molecular complexity index is 130. The second-order valence-corrected chi connectivity index (χ2v) is 6.14. The molecule has 0 aliphatic carbocycles. The Morgan fingerprint density at radius 1 is 1.00 bits per heavy atom. The number of thioether (sulfide) groups is 1. The van der Waals surface area contributed by atoms with Gasteiger partial charge in [0, 0.05) is 17.8 Å². The largest absolute Gasteiger partial charge is 0.299 e. The minimum Gasteiger partial charge on any atom is -0.299 e. The van der Waals surface area contributed by atoms with Crippen molar-refractivity contribution in [2.75, 3.05) is 23.8 Å². The maximum absolute atomic E-state index is 4.20. The van der Waals surface area contributed by atoms with E-state index >= 15 is 0 Å². The van der Waals surface area contributed by atoms with E-state index in [4.69, 9.17) is 0 Å². The first-order valence-corrected chi connectivity index (χ1v) is 7.82. The molecule has 0 aromatic carbocycles. The smallest absolute Gasteiger partial charge is 0.00412 e. The minimum absolute atomic E-state index is 0.676. The molecule has 0 amide bonds. The van der Waals surface area contributed by atoms with E-state index in [-0.39, 0.29) is 0 Å². The van der Waals surface area contributed by atoms with E-state index in [1.165, 1.54) is 30.9 Å². The molecule has 0 atom stereocenters. The highest BCUT2D eigenvalue weighted by Crippen LogP contribution is 2.09. The maximum atomic E-state index is 4.20. The number of hydrogen-bond donors (Lipinski definition) is 1. The van der Waals surface area contributed by atoms with Crippen LogP contribution in [0.5, 0.6) is 0 Å². The summed E-state index contributed by atoms with van der Waals surface area (Å²) in [7, 11) is 0. The van der Waals surface area contributed by atoms with Crippen LogP contribution in [0.2, 0.25) is 0 Å². The van der Waals surface area contributed by atoms with Crippen molar-refractivity contribution in [3.63, 3.8) is 0 Å². The van der Waals surface area contributed by atoms with Gasteiger partial charge in [-0.2, -0.15) is 24.4 Å². The zero-order valence-electron chi connectivity index (χ0n) is 10.7. The van der Waals surface area contributed by atoms with Crippen molar-refractivity contribution in [1.29, 1.82) is 0 Å². The quantitative estimate of drug-likeness (QED) is 0.492. The Kier molecular flexibility index (Phi) is 10.3. The molecule has 0 saturated carbocycles. The fourth-order valence-corrected chi connectivity index (χ4v) is 2.91. The van der Waals surface area contributed by atoms with Gasteiger partial charge in [0.05, 0.1) is 0 Å². The Morgan fingerprint density at radius 3 is 2.07 bits per heavy atom. The standard InChI is InChI=1S/C12H27NS2/c1-11(2)13(12(3)4)7-5-6-9-15-10-8-14/h11-12,14H,5-10H2,1-4H3. The molecule has 0 saturated heterocycles. The number of nitrogens with zero attached hydrogens (tertiary/aromatic N) is 1. The average molecular weight is 249 g/mol. The molecule has 0 unspecified atom stereocenters. The van der Waals surface area contributed by atoms with E-state index in [1.807, 2.05) is 11.8 Å². The van der Waals surface area contributed by atoms with Crippen LogP contribution in [0.1, 0.15) is 40.5 Å². The Morgan fingerprint density at radius 2 is 1.60 bits per heavy atom. The first kappa shape index (κ1) is 15.7. The summed E-state index contributed by atoms with van der Waals surface area (Å²) in [5.74, 6) is 3.50. The number of hydrogen-bond acceptors (Lipinski definition) is 3. The van der Waals surface area contributed by atoms with Crippen LogP contribution in [-0.4, -0.2) is 40.8 Å². The van der Waals surface area contributed by atoms with Gasteiger partial charge in [0.2, 0.25) is 0 Å². The molecule has 0 spiro atoms. The fraction of sp³-hybridized carbons (Fsp3) is 1.00. The molecular weight excluding hydrogens is 222 g/mol. The van der Waals surface area contributed by atoms with E-state index in [9.17, 15) is 0 Å². The summed E-state index contributed by atoms with van der Waals surface area (Å²) in [4.78, 5) is 2.57. The molecule has 0 aromatic rings. The van der Waals surface area contributed by atoms with Crippen LogP contribution in [0.15, 0.2) is 0 Å². The minimum atomic E-state index is 0.676. The molecule has 92 valence electrons. The molecule has 0 fully saturated rings. The summed E-state index contributed by atoms with van der Waals surface area (Å²) in [5, 5.41) is 0. The van der Waals surface area contributed by atoms with E-state index in [1.54, 1.807) is 0 Å². The van der Waals surface area contributed by atoms with Crippen molar-refractivity contribution in [2.24, 2.45) is 0 Å². The predicted molar refractivity (Wildman–Crippen MR) is 77.4 cm³/mol. The lowest BCUT2D eigenvalue weighted by Crippen LogP contribution is -2.37. The van der Waals surface area contributed by atoms with E-state index in [0.717, 1.165) is 5.75 Å². The van der Waals surface area contributed by atoms with Crippen LogP contribution in [0, 0.1) is 0 Å². The number of thiol groups is 1. The van der Waals surface area contributed by atoms with Gasteiger partial charge in [-0.15, -0.1) is 0 Å². The first-order chi connectivity index (χ1) is 7.09. The third-order valence-electron chi connectivity index (χ3n) is 2.52. The second-order valence-electron chi connectivity index (χ2n) is 4.47. The zero-order chi connectivity index (χ0) is 11.7. The lowest BCUT2D eigenvalue weighted by atomic mass is 10.2. The van der Waals surface area contributed by atoms with Gasteiger partial charge in [-0.25, -0.2) is 0 Å². The van der Waals surface area contributed by atoms with E-state index in [2.05, 4.69) is 45.2 Å². The van der Waals surface area contributed by atoms with Crippen LogP contribution in [0.3, 0.4) is 0 Å². The van der Waals surface area contributed by atoms with Crippen LogP contribution in [0.4, 0.5) is 0 Å². The molecule has 15 heavy (non-hydrogen) atoms. The topological polar surface area (TPSA) is 3.24 Å². The van der Waals surface area contributed by atoms with Crippen molar-refractivity contribution < 1.29 is 0 Å². The second kappa shape index (κ2) is 9.86. The maximum Gasteiger partial charge on any atom is 0.00412 e. The molecule has 0 radical (unpaired) electrons. The van der Waals surface area contributed by atoms with Crippen LogP contribution < -0.4 is 0 Å². The summed E-state index contributed by atoms with van der Waals surface area (Å²) < 4.78 is 0. The molecule has 3 heteroatoms. The van der Waals surface area contributed by atoms with E-state index in [0.29, 0.717) is 12.1 Å². The Hall–Kier alpha value is 0.660. The third kappa shape index (κ3) is 8.47. The van der Waals surface area contributed by atoms with Gasteiger partial charge in [0.25, 0.3) is 0 Å². The summed E-state index contributed by atoms with van der Waals surface area (Å²) >= 11 is 6.23. The Labute approximate surface area is 106 Å². The van der Waals surface area contributed by atoms with Gasteiger partial charge in [0.15, 0.2) is 0 Å². The van der Waals surface area contributed by atoms with Crippen molar-refractivity contribution in [1.82, 2.24) is 4.90 Å². The highest BCUT2D eigenvalue weighted by atomic mass is 32.2. The van der Waals surface area contributed by atoms with Gasteiger partial charge in [-0.05, 0) is 58.6 Å². The summed E-state index contributed by atoms with van der Waals surface area (Å²) in [6.45, 7) is 10.4. The lowest BCUT2D eigenvalue weighted by molar-refractivity contribution is 0.173. The van der Waals surface area contributed by atoms with Crippen molar-refractivity contribution in [3.05, 3.63) is 0 Å². The SMILES string of the molecule is CC(C)N(CCCCSCCS)C(C)C. The molecule has 1 nitrogen and oxygen atoms in total. The molecule has 0 N–H and O–H groups in total. The molecule has 0 rings (SSSR count). The van der Waals surface area contributed by atoms with Gasteiger partial charge < -0.3 is 0 Å². The van der Waals surface area contributed by atoms with Gasteiger partial charge >= 0.3 is 0 Å². The summed E-state index contributed by atoms with van der Waals surface area (Å²) in [5.41, 5.74) is 0. The molecule has 0 aromatic heterocycles. The van der Waals surface area contributed by atoms with Crippen molar-refractivity contribution in [2.45, 2.75) is 52.6 Å². The monoisotopic (exact) mass is 249 g/mol. The van der Waals surface area contributed by atoms with Crippen molar-refractivity contribution in [3.8, 4) is 0 Å². The normalized spacial score (nSPS) is 12.0.